The van der Waals surface area contributed by atoms with Crippen molar-refractivity contribution >= 4 is 0 Å². The minimum atomic E-state index is 0.521. The summed E-state index contributed by atoms with van der Waals surface area (Å²) >= 11 is 0. The van der Waals surface area contributed by atoms with Gasteiger partial charge in [-0.25, -0.2) is 0 Å². The Morgan fingerprint density at radius 3 is 2.38 bits per heavy atom. The Labute approximate surface area is 128 Å². The summed E-state index contributed by atoms with van der Waals surface area (Å²) in [5.74, 6) is 4.89. The average Bonchev–Trinajstić information content (AvgIpc) is 2.93. The Hall–Kier alpha value is -0.830. The van der Waals surface area contributed by atoms with E-state index in [1.54, 1.807) is 6.42 Å². The average molecular weight is 287 g/mol. The maximum atomic E-state index is 4.53. The molecule has 21 heavy (non-hydrogen) atoms. The van der Waals surface area contributed by atoms with Crippen molar-refractivity contribution < 1.29 is 0 Å². The normalized spacial score (nSPS) is 38.9. The first-order chi connectivity index (χ1) is 10.3. The molecule has 0 radical (unpaired) electrons. The molecule has 116 valence electrons. The number of rotatable bonds is 5. The second-order valence-corrected chi connectivity index (χ2v) is 7.62. The minimum Gasteiger partial charge on any atom is -0.309 e. The highest BCUT2D eigenvalue weighted by Gasteiger charge is 2.51. The summed E-state index contributed by atoms with van der Waals surface area (Å²) in [5.41, 5.74) is 1.43. The summed E-state index contributed by atoms with van der Waals surface area (Å²) in [5, 5.41) is 8.35. The van der Waals surface area contributed by atoms with Gasteiger partial charge in [0.15, 0.2) is 0 Å². The molecule has 0 saturated heterocycles. The van der Waals surface area contributed by atoms with Crippen molar-refractivity contribution in [2.75, 3.05) is 6.54 Å². The predicted molar refractivity (Wildman–Crippen MR) is 84.9 cm³/mol. The summed E-state index contributed by atoms with van der Waals surface area (Å²) in [6.07, 6.45) is 9.52. The molecular weight excluding hydrogens is 258 g/mol. The lowest BCUT2D eigenvalue weighted by Crippen LogP contribution is -2.50. The summed E-state index contributed by atoms with van der Waals surface area (Å²) in [4.78, 5) is 0. The van der Waals surface area contributed by atoms with Crippen molar-refractivity contribution in [2.24, 2.45) is 29.6 Å². The van der Waals surface area contributed by atoms with Crippen LogP contribution in [0.3, 0.4) is 0 Å². The van der Waals surface area contributed by atoms with Crippen molar-refractivity contribution in [3.05, 3.63) is 18.0 Å². The van der Waals surface area contributed by atoms with Gasteiger partial charge in [-0.05, 0) is 81.2 Å². The molecule has 1 N–H and O–H groups in total. The first kappa shape index (κ1) is 13.8. The molecule has 4 fully saturated rings. The predicted octanol–water partition coefficient (Wildman–Crippen LogP) is 3.63. The van der Waals surface area contributed by atoms with E-state index in [1.165, 1.54) is 31.4 Å². The van der Waals surface area contributed by atoms with Crippen LogP contribution in [0.1, 0.15) is 57.7 Å². The lowest BCUT2D eigenvalue weighted by molar-refractivity contribution is -0.0534. The number of hydrogen-bond donors (Lipinski definition) is 1. The van der Waals surface area contributed by atoms with E-state index in [0.717, 1.165) is 42.7 Å². The molecule has 4 aliphatic rings. The number of nitrogens with one attached hydrogen (secondary N) is 1. The van der Waals surface area contributed by atoms with Gasteiger partial charge in [-0.15, -0.1) is 0 Å². The fourth-order valence-corrected chi connectivity index (χ4v) is 6.04. The third-order valence-electron chi connectivity index (χ3n) is 6.48. The van der Waals surface area contributed by atoms with Crippen LogP contribution in [-0.4, -0.2) is 16.3 Å². The highest BCUT2D eigenvalue weighted by atomic mass is 15.3. The molecule has 1 atom stereocenters. The molecule has 1 unspecified atom stereocenters. The lowest BCUT2D eigenvalue weighted by atomic mass is 9.50. The molecule has 1 heterocycles. The molecule has 0 amide bonds. The third-order valence-corrected chi connectivity index (χ3v) is 6.48. The molecule has 5 rings (SSSR count). The molecule has 3 nitrogen and oxygen atoms in total. The minimum absolute atomic E-state index is 0.521. The van der Waals surface area contributed by atoms with Crippen LogP contribution in [0.5, 0.6) is 0 Å². The number of nitrogens with zero attached hydrogens (tertiary/aromatic N) is 2. The Balaban J connectivity index is 1.65. The third kappa shape index (κ3) is 2.25. The highest BCUT2D eigenvalue weighted by molar-refractivity contribution is 5.13. The Kier molecular flexibility index (Phi) is 3.56. The van der Waals surface area contributed by atoms with E-state index in [0.29, 0.717) is 6.04 Å². The van der Waals surface area contributed by atoms with Crippen LogP contribution in [0.15, 0.2) is 12.3 Å². The molecule has 4 bridgehead atoms. The van der Waals surface area contributed by atoms with E-state index >= 15 is 0 Å². The second-order valence-electron chi connectivity index (χ2n) is 7.62. The topological polar surface area (TPSA) is 29.9 Å². The zero-order valence-electron chi connectivity index (χ0n) is 13.5. The molecule has 1 aromatic rings. The number of aromatic nitrogens is 2. The smallest absolute Gasteiger partial charge is 0.0556 e. The van der Waals surface area contributed by atoms with Crippen LogP contribution in [0, 0.1) is 29.6 Å². The van der Waals surface area contributed by atoms with Gasteiger partial charge in [0.1, 0.15) is 0 Å². The lowest BCUT2D eigenvalue weighted by Gasteiger charge is -2.56. The zero-order valence-corrected chi connectivity index (χ0v) is 13.5. The van der Waals surface area contributed by atoms with Gasteiger partial charge >= 0.3 is 0 Å². The van der Waals surface area contributed by atoms with Gasteiger partial charge in [0, 0.05) is 12.7 Å². The van der Waals surface area contributed by atoms with Gasteiger partial charge < -0.3 is 5.32 Å². The number of hydrogen-bond acceptors (Lipinski definition) is 2. The van der Waals surface area contributed by atoms with E-state index < -0.39 is 0 Å². The first-order valence-electron chi connectivity index (χ1n) is 9.05. The Morgan fingerprint density at radius 2 is 1.81 bits per heavy atom. The van der Waals surface area contributed by atoms with E-state index in [-0.39, 0.29) is 0 Å². The van der Waals surface area contributed by atoms with Gasteiger partial charge in [0.25, 0.3) is 0 Å². The van der Waals surface area contributed by atoms with E-state index in [1.807, 2.05) is 6.20 Å². The largest absolute Gasteiger partial charge is 0.309 e. The molecule has 4 saturated carbocycles. The van der Waals surface area contributed by atoms with Crippen molar-refractivity contribution in [1.82, 2.24) is 15.1 Å². The Bertz CT molecular complexity index is 464. The standard InChI is InChI=1S/C18H29N3/c1-3-19-18(16-5-6-20-21(16)4-2)17-14-8-12-7-13(10-14)11-15(17)9-12/h5-6,12-15,17-19H,3-4,7-11H2,1-2H3. The summed E-state index contributed by atoms with van der Waals surface area (Å²) in [7, 11) is 0. The van der Waals surface area contributed by atoms with Crippen molar-refractivity contribution in [1.29, 1.82) is 0 Å². The molecule has 0 aliphatic heterocycles. The monoisotopic (exact) mass is 287 g/mol. The fourth-order valence-electron chi connectivity index (χ4n) is 6.04. The van der Waals surface area contributed by atoms with Gasteiger partial charge in [-0.2, -0.15) is 5.10 Å². The van der Waals surface area contributed by atoms with Gasteiger partial charge in [-0.1, -0.05) is 6.92 Å². The van der Waals surface area contributed by atoms with Crippen LogP contribution < -0.4 is 5.32 Å². The van der Waals surface area contributed by atoms with Crippen LogP contribution in [0.25, 0.3) is 0 Å². The SMILES string of the molecule is CCNC(c1ccnn1CC)C1C2CC3CC(C2)CC1C3. The summed E-state index contributed by atoms with van der Waals surface area (Å²) in [6.45, 7) is 6.49. The zero-order chi connectivity index (χ0) is 14.4. The van der Waals surface area contributed by atoms with Crippen LogP contribution in [0.4, 0.5) is 0 Å². The molecule has 3 heteroatoms. The van der Waals surface area contributed by atoms with Crippen LogP contribution >= 0.6 is 0 Å². The highest BCUT2D eigenvalue weighted by Crippen LogP contribution is 2.59. The maximum absolute atomic E-state index is 4.53. The van der Waals surface area contributed by atoms with Crippen LogP contribution in [0.2, 0.25) is 0 Å². The summed E-state index contributed by atoms with van der Waals surface area (Å²) < 4.78 is 2.21. The van der Waals surface area contributed by atoms with Gasteiger partial charge in [0.05, 0.1) is 11.7 Å². The molecule has 0 aromatic carbocycles. The van der Waals surface area contributed by atoms with Crippen molar-refractivity contribution in [2.45, 2.75) is 58.5 Å². The van der Waals surface area contributed by atoms with E-state index in [4.69, 9.17) is 0 Å². The summed E-state index contributed by atoms with van der Waals surface area (Å²) in [6, 6.07) is 2.77. The maximum Gasteiger partial charge on any atom is 0.0556 e. The van der Waals surface area contributed by atoms with Crippen molar-refractivity contribution in [3.63, 3.8) is 0 Å². The van der Waals surface area contributed by atoms with Gasteiger partial charge in [0.2, 0.25) is 0 Å². The molecular formula is C18H29N3. The Morgan fingerprint density at radius 1 is 1.14 bits per heavy atom. The number of aryl methyl sites for hydroxylation is 1. The molecule has 1 aromatic heterocycles. The quantitative estimate of drug-likeness (QED) is 0.896. The fraction of sp³-hybridized carbons (Fsp3) is 0.833. The van der Waals surface area contributed by atoms with E-state index in [2.05, 4.69) is 35.0 Å². The molecule has 0 spiro atoms. The van der Waals surface area contributed by atoms with E-state index in [9.17, 15) is 0 Å². The van der Waals surface area contributed by atoms with Crippen LogP contribution in [-0.2, 0) is 6.54 Å². The molecule has 4 aliphatic carbocycles. The first-order valence-corrected chi connectivity index (χ1v) is 9.05. The second kappa shape index (κ2) is 5.42. The van der Waals surface area contributed by atoms with Crippen molar-refractivity contribution in [3.8, 4) is 0 Å². The van der Waals surface area contributed by atoms with Gasteiger partial charge in [-0.3, -0.25) is 4.68 Å².